The average molecular weight is 172 g/mol. The number of allylic oxidation sites excluding steroid dienone is 1. The Hall–Kier alpha value is -0.760. The Morgan fingerprint density at radius 1 is 1.82 bits per heavy atom. The van der Waals surface area contributed by atoms with Crippen LogP contribution in [0.3, 0.4) is 0 Å². The van der Waals surface area contributed by atoms with Crippen molar-refractivity contribution >= 4 is 17.5 Å². The largest absolute Gasteiger partial charge is 0.347 e. The maximum atomic E-state index is 11.1. The second kappa shape index (κ2) is 3.58. The highest BCUT2D eigenvalue weighted by Gasteiger charge is 2.13. The van der Waals surface area contributed by atoms with E-state index in [0.717, 1.165) is 18.4 Å². The topological polar surface area (TPSA) is 29.1 Å². The van der Waals surface area contributed by atoms with E-state index in [1.54, 1.807) is 0 Å². The van der Waals surface area contributed by atoms with Crippen molar-refractivity contribution in [2.45, 2.75) is 12.8 Å². The van der Waals surface area contributed by atoms with E-state index in [1.807, 2.05) is 6.08 Å². The molecule has 0 spiro atoms. The van der Waals surface area contributed by atoms with Crippen LogP contribution in [0.25, 0.3) is 0 Å². The Morgan fingerprint density at radius 3 is 2.82 bits per heavy atom. The van der Waals surface area contributed by atoms with Gasteiger partial charge in [0, 0.05) is 10.6 Å². The lowest BCUT2D eigenvalue weighted by Gasteiger charge is -2.13. The zero-order valence-electron chi connectivity index (χ0n) is 6.19. The van der Waals surface area contributed by atoms with Gasteiger partial charge in [0.2, 0.25) is 5.91 Å². The van der Waals surface area contributed by atoms with Crippen LogP contribution in [0.4, 0.5) is 0 Å². The smallest absolute Gasteiger partial charge is 0.247 e. The summed E-state index contributed by atoms with van der Waals surface area (Å²) < 4.78 is 0. The Bertz CT molecular complexity index is 220. The van der Waals surface area contributed by atoms with Gasteiger partial charge < -0.3 is 5.32 Å². The van der Waals surface area contributed by atoms with Crippen molar-refractivity contribution in [1.82, 2.24) is 5.32 Å². The lowest BCUT2D eigenvalue weighted by Crippen LogP contribution is -2.27. The van der Waals surface area contributed by atoms with Crippen LogP contribution in [-0.2, 0) is 4.79 Å². The molecule has 1 aliphatic carbocycles. The van der Waals surface area contributed by atoms with Gasteiger partial charge in [-0.05, 0) is 12.8 Å². The molecule has 0 aromatic rings. The predicted octanol–water partition coefficient (Wildman–Crippen LogP) is 1.58. The molecule has 2 nitrogen and oxygen atoms in total. The van der Waals surface area contributed by atoms with E-state index in [2.05, 4.69) is 11.9 Å². The summed E-state index contributed by atoms with van der Waals surface area (Å²) in [6.45, 7) is 3.82. The summed E-state index contributed by atoms with van der Waals surface area (Å²) in [7, 11) is 0. The summed E-state index contributed by atoms with van der Waals surface area (Å²) >= 11 is 5.46. The van der Waals surface area contributed by atoms with E-state index >= 15 is 0 Å². The molecule has 0 saturated heterocycles. The minimum Gasteiger partial charge on any atom is -0.347 e. The number of halogens is 1. The monoisotopic (exact) mass is 171 g/mol. The van der Waals surface area contributed by atoms with Gasteiger partial charge in [-0.15, -0.1) is 0 Å². The Kier molecular flexibility index (Phi) is 2.71. The SMILES string of the molecule is C=C(Cl)CNC(=O)C1=CCC1. The lowest BCUT2D eigenvalue weighted by molar-refractivity contribution is -0.117. The number of amides is 1. The minimum atomic E-state index is -0.0157. The lowest BCUT2D eigenvalue weighted by atomic mass is 9.98. The zero-order chi connectivity index (χ0) is 8.27. The summed E-state index contributed by atoms with van der Waals surface area (Å²) in [6.07, 6.45) is 3.83. The van der Waals surface area contributed by atoms with Gasteiger partial charge in [-0.25, -0.2) is 0 Å². The fraction of sp³-hybridized carbons (Fsp3) is 0.375. The molecule has 60 valence electrons. The number of rotatable bonds is 3. The number of hydrogen-bond donors (Lipinski definition) is 1. The first kappa shape index (κ1) is 8.34. The van der Waals surface area contributed by atoms with Crippen molar-refractivity contribution in [3.63, 3.8) is 0 Å². The van der Waals surface area contributed by atoms with Crippen LogP contribution < -0.4 is 5.32 Å². The summed E-state index contributed by atoms with van der Waals surface area (Å²) in [5.41, 5.74) is 0.864. The average Bonchev–Trinajstić information content (AvgIpc) is 1.79. The molecule has 0 aromatic carbocycles. The van der Waals surface area contributed by atoms with Crippen LogP contribution in [-0.4, -0.2) is 12.5 Å². The van der Waals surface area contributed by atoms with E-state index in [-0.39, 0.29) is 5.91 Å². The minimum absolute atomic E-state index is 0.0157. The molecule has 3 heteroatoms. The van der Waals surface area contributed by atoms with Crippen LogP contribution >= 0.6 is 11.6 Å². The maximum Gasteiger partial charge on any atom is 0.247 e. The quantitative estimate of drug-likeness (QED) is 0.687. The summed E-state index contributed by atoms with van der Waals surface area (Å²) in [5.74, 6) is -0.0157. The van der Waals surface area contributed by atoms with E-state index in [0.29, 0.717) is 11.6 Å². The molecule has 1 aliphatic rings. The van der Waals surface area contributed by atoms with Gasteiger partial charge in [-0.2, -0.15) is 0 Å². The first-order chi connectivity index (χ1) is 5.20. The molecule has 0 aliphatic heterocycles. The molecule has 11 heavy (non-hydrogen) atoms. The van der Waals surface area contributed by atoms with Crippen LogP contribution in [0.2, 0.25) is 0 Å². The number of carbonyl (C=O) groups is 1. The van der Waals surface area contributed by atoms with Crippen molar-refractivity contribution in [2.75, 3.05) is 6.54 Å². The highest BCUT2D eigenvalue weighted by atomic mass is 35.5. The molecule has 0 unspecified atom stereocenters. The second-order valence-electron chi connectivity index (χ2n) is 2.47. The fourth-order valence-corrected chi connectivity index (χ4v) is 0.851. The Labute approximate surface area is 70.9 Å². The normalized spacial score (nSPS) is 14.8. The molecular weight excluding hydrogens is 162 g/mol. The Morgan fingerprint density at radius 2 is 2.45 bits per heavy atom. The molecule has 1 amide bonds. The number of carbonyl (C=O) groups excluding carboxylic acids is 1. The van der Waals surface area contributed by atoms with Crippen molar-refractivity contribution in [2.24, 2.45) is 0 Å². The van der Waals surface area contributed by atoms with Gasteiger partial charge in [0.1, 0.15) is 0 Å². The molecule has 0 radical (unpaired) electrons. The molecule has 0 fully saturated rings. The molecule has 1 N–H and O–H groups in total. The third kappa shape index (κ3) is 2.39. The van der Waals surface area contributed by atoms with Crippen LogP contribution in [0, 0.1) is 0 Å². The first-order valence-electron chi connectivity index (χ1n) is 3.50. The Balaban J connectivity index is 2.26. The van der Waals surface area contributed by atoms with Crippen molar-refractivity contribution in [3.8, 4) is 0 Å². The summed E-state index contributed by atoms with van der Waals surface area (Å²) in [4.78, 5) is 11.1. The molecule has 1 rings (SSSR count). The van der Waals surface area contributed by atoms with E-state index in [9.17, 15) is 4.79 Å². The number of hydrogen-bond acceptors (Lipinski definition) is 1. The van der Waals surface area contributed by atoms with E-state index < -0.39 is 0 Å². The van der Waals surface area contributed by atoms with Gasteiger partial charge >= 0.3 is 0 Å². The van der Waals surface area contributed by atoms with E-state index in [1.165, 1.54) is 0 Å². The molecule has 0 bridgehead atoms. The molecular formula is C8H10ClNO. The standard InChI is InChI=1S/C8H10ClNO/c1-6(9)5-10-8(11)7-3-2-4-7/h3H,1-2,4-5H2,(H,10,11). The highest BCUT2D eigenvalue weighted by molar-refractivity contribution is 6.29. The fourth-order valence-electron chi connectivity index (χ4n) is 0.785. The molecule has 0 atom stereocenters. The van der Waals surface area contributed by atoms with Gasteiger partial charge in [0.15, 0.2) is 0 Å². The third-order valence-electron chi connectivity index (χ3n) is 1.54. The van der Waals surface area contributed by atoms with Crippen molar-refractivity contribution in [3.05, 3.63) is 23.3 Å². The van der Waals surface area contributed by atoms with Gasteiger partial charge in [0.25, 0.3) is 0 Å². The molecule has 0 aromatic heterocycles. The second-order valence-corrected chi connectivity index (χ2v) is 3.00. The number of nitrogens with one attached hydrogen (secondary N) is 1. The van der Waals surface area contributed by atoms with Gasteiger partial charge in [0.05, 0.1) is 6.54 Å². The molecule has 0 saturated carbocycles. The van der Waals surface area contributed by atoms with Crippen LogP contribution in [0.15, 0.2) is 23.3 Å². The summed E-state index contributed by atoms with van der Waals surface area (Å²) in [6, 6.07) is 0. The molecule has 0 heterocycles. The van der Waals surface area contributed by atoms with Gasteiger partial charge in [-0.3, -0.25) is 4.79 Å². The van der Waals surface area contributed by atoms with Gasteiger partial charge in [-0.1, -0.05) is 24.3 Å². The van der Waals surface area contributed by atoms with Crippen molar-refractivity contribution < 1.29 is 4.79 Å². The van der Waals surface area contributed by atoms with Crippen LogP contribution in [0.5, 0.6) is 0 Å². The van der Waals surface area contributed by atoms with E-state index in [4.69, 9.17) is 11.6 Å². The predicted molar refractivity (Wildman–Crippen MR) is 45.3 cm³/mol. The van der Waals surface area contributed by atoms with Crippen molar-refractivity contribution in [1.29, 1.82) is 0 Å². The highest BCUT2D eigenvalue weighted by Crippen LogP contribution is 2.17. The third-order valence-corrected chi connectivity index (χ3v) is 1.67. The zero-order valence-corrected chi connectivity index (χ0v) is 6.95. The maximum absolute atomic E-state index is 11.1. The van der Waals surface area contributed by atoms with Crippen LogP contribution in [0.1, 0.15) is 12.8 Å². The summed E-state index contributed by atoms with van der Waals surface area (Å²) in [5, 5.41) is 3.10. The first-order valence-corrected chi connectivity index (χ1v) is 3.88.